The SMILES string of the molecule is CCCCCCCCCCCCc1cccc(CCCCCCC)c1CCCCCCCCCC. The second-order valence-corrected chi connectivity index (χ2v) is 11.4. The van der Waals surface area contributed by atoms with Gasteiger partial charge >= 0.3 is 0 Å². The van der Waals surface area contributed by atoms with Gasteiger partial charge in [0.25, 0.3) is 0 Å². The molecule has 1 aromatic rings. The fourth-order valence-electron chi connectivity index (χ4n) is 5.63. The summed E-state index contributed by atoms with van der Waals surface area (Å²) in [6.07, 6.45) is 36.6. The molecule has 1 rings (SSSR count). The van der Waals surface area contributed by atoms with Crippen LogP contribution in [-0.2, 0) is 19.3 Å². The second-order valence-electron chi connectivity index (χ2n) is 11.4. The van der Waals surface area contributed by atoms with Crippen molar-refractivity contribution in [3.8, 4) is 0 Å². The van der Waals surface area contributed by atoms with Gasteiger partial charge in [-0.3, -0.25) is 0 Å². The second kappa shape index (κ2) is 24.9. The summed E-state index contributed by atoms with van der Waals surface area (Å²) in [6, 6.07) is 7.29. The van der Waals surface area contributed by atoms with Crippen LogP contribution in [0.5, 0.6) is 0 Å². The summed E-state index contributed by atoms with van der Waals surface area (Å²) >= 11 is 0. The standard InChI is InChI=1S/C35H64/c1-4-7-10-13-15-17-18-19-22-25-29-34-31-27-30-33(28-24-21-12-9-6-3)35(34)32-26-23-20-16-14-11-8-5-2/h27,30-31H,4-26,28-29,32H2,1-3H3. The van der Waals surface area contributed by atoms with Crippen molar-refractivity contribution in [2.75, 3.05) is 0 Å². The quantitative estimate of drug-likeness (QED) is 0.115. The first kappa shape index (κ1) is 32.2. The van der Waals surface area contributed by atoms with Crippen LogP contribution in [0.2, 0.25) is 0 Å². The lowest BCUT2D eigenvalue weighted by Crippen LogP contribution is -2.02. The van der Waals surface area contributed by atoms with Crippen LogP contribution in [0.4, 0.5) is 0 Å². The average molecular weight is 485 g/mol. The van der Waals surface area contributed by atoms with E-state index >= 15 is 0 Å². The van der Waals surface area contributed by atoms with Crippen LogP contribution < -0.4 is 0 Å². The average Bonchev–Trinajstić information content (AvgIpc) is 2.87. The molecule has 204 valence electrons. The number of hydrogen-bond acceptors (Lipinski definition) is 0. The van der Waals surface area contributed by atoms with Crippen molar-refractivity contribution in [1.29, 1.82) is 0 Å². The molecule has 0 unspecified atom stereocenters. The fourth-order valence-corrected chi connectivity index (χ4v) is 5.63. The van der Waals surface area contributed by atoms with E-state index in [1.54, 1.807) is 16.7 Å². The summed E-state index contributed by atoms with van der Waals surface area (Å²) in [5, 5.41) is 0. The molecular formula is C35H64. The van der Waals surface area contributed by atoms with Crippen LogP contribution >= 0.6 is 0 Å². The van der Waals surface area contributed by atoms with Gasteiger partial charge in [0.05, 0.1) is 0 Å². The smallest absolute Gasteiger partial charge is 0.0273 e. The summed E-state index contributed by atoms with van der Waals surface area (Å²) in [7, 11) is 0. The molecule has 0 saturated carbocycles. The molecule has 0 heteroatoms. The minimum absolute atomic E-state index is 1.31. The van der Waals surface area contributed by atoms with E-state index in [-0.39, 0.29) is 0 Å². The van der Waals surface area contributed by atoms with Crippen molar-refractivity contribution < 1.29 is 0 Å². The third kappa shape index (κ3) is 18.2. The van der Waals surface area contributed by atoms with Crippen LogP contribution in [0.15, 0.2) is 18.2 Å². The highest BCUT2D eigenvalue weighted by molar-refractivity contribution is 5.36. The Kier molecular flexibility index (Phi) is 22.9. The lowest BCUT2D eigenvalue weighted by Gasteiger charge is -2.16. The zero-order valence-corrected chi connectivity index (χ0v) is 24.6. The minimum atomic E-state index is 1.31. The third-order valence-electron chi connectivity index (χ3n) is 8.00. The lowest BCUT2D eigenvalue weighted by atomic mass is 9.90. The van der Waals surface area contributed by atoms with E-state index in [1.165, 1.54) is 167 Å². The molecule has 0 aliphatic rings. The van der Waals surface area contributed by atoms with Gasteiger partial charge in [-0.25, -0.2) is 0 Å². The van der Waals surface area contributed by atoms with E-state index in [0.717, 1.165) is 0 Å². The van der Waals surface area contributed by atoms with Crippen molar-refractivity contribution in [1.82, 2.24) is 0 Å². The molecule has 0 radical (unpaired) electrons. The normalized spacial score (nSPS) is 11.4. The molecule has 0 amide bonds. The van der Waals surface area contributed by atoms with Gasteiger partial charge in [0.2, 0.25) is 0 Å². The molecule has 0 N–H and O–H groups in total. The van der Waals surface area contributed by atoms with Crippen LogP contribution in [0.3, 0.4) is 0 Å². The largest absolute Gasteiger partial charge is 0.0654 e. The molecule has 0 fully saturated rings. The Labute approximate surface area is 222 Å². The Balaban J connectivity index is 2.43. The van der Waals surface area contributed by atoms with Crippen LogP contribution in [0.1, 0.15) is 185 Å². The maximum atomic E-state index is 2.47. The highest BCUT2D eigenvalue weighted by atomic mass is 14.1. The molecule has 0 saturated heterocycles. The van der Waals surface area contributed by atoms with Crippen molar-refractivity contribution in [2.45, 2.75) is 188 Å². The molecular weight excluding hydrogens is 420 g/mol. The van der Waals surface area contributed by atoms with E-state index < -0.39 is 0 Å². The van der Waals surface area contributed by atoms with Gasteiger partial charge in [-0.2, -0.15) is 0 Å². The van der Waals surface area contributed by atoms with Crippen LogP contribution in [-0.4, -0.2) is 0 Å². The predicted octanol–water partition coefficient (Wildman–Crippen LogP) is 12.3. The third-order valence-corrected chi connectivity index (χ3v) is 8.00. The number of aryl methyl sites for hydroxylation is 2. The number of hydrogen-bond donors (Lipinski definition) is 0. The first-order valence-electron chi connectivity index (χ1n) is 16.4. The first-order chi connectivity index (χ1) is 17.3. The number of benzene rings is 1. The molecule has 1 aromatic carbocycles. The zero-order chi connectivity index (χ0) is 25.2. The Hall–Kier alpha value is -0.780. The highest BCUT2D eigenvalue weighted by Gasteiger charge is 2.09. The molecule has 0 aromatic heterocycles. The molecule has 35 heavy (non-hydrogen) atoms. The van der Waals surface area contributed by atoms with Gasteiger partial charge in [-0.15, -0.1) is 0 Å². The molecule has 0 aliphatic heterocycles. The highest BCUT2D eigenvalue weighted by Crippen LogP contribution is 2.23. The topological polar surface area (TPSA) is 0 Å². The minimum Gasteiger partial charge on any atom is -0.0654 e. The maximum Gasteiger partial charge on any atom is -0.0273 e. The molecule has 0 aliphatic carbocycles. The van der Waals surface area contributed by atoms with Gasteiger partial charge in [0.15, 0.2) is 0 Å². The zero-order valence-electron chi connectivity index (χ0n) is 24.6. The monoisotopic (exact) mass is 485 g/mol. The Bertz CT molecular complexity index is 557. The van der Waals surface area contributed by atoms with E-state index in [0.29, 0.717) is 0 Å². The number of unbranched alkanes of at least 4 members (excludes halogenated alkanes) is 20. The van der Waals surface area contributed by atoms with Gasteiger partial charge in [0, 0.05) is 0 Å². The van der Waals surface area contributed by atoms with Gasteiger partial charge < -0.3 is 0 Å². The van der Waals surface area contributed by atoms with Gasteiger partial charge in [-0.05, 0) is 55.2 Å². The Morgan fingerprint density at radius 2 is 0.629 bits per heavy atom. The fraction of sp³-hybridized carbons (Fsp3) is 0.829. The van der Waals surface area contributed by atoms with Crippen molar-refractivity contribution in [2.24, 2.45) is 0 Å². The van der Waals surface area contributed by atoms with Crippen LogP contribution in [0.25, 0.3) is 0 Å². The van der Waals surface area contributed by atoms with Gasteiger partial charge in [-0.1, -0.05) is 167 Å². The van der Waals surface area contributed by atoms with Gasteiger partial charge in [0.1, 0.15) is 0 Å². The van der Waals surface area contributed by atoms with E-state index in [2.05, 4.69) is 39.0 Å². The van der Waals surface area contributed by atoms with E-state index in [1.807, 2.05) is 0 Å². The van der Waals surface area contributed by atoms with E-state index in [4.69, 9.17) is 0 Å². The summed E-state index contributed by atoms with van der Waals surface area (Å²) in [4.78, 5) is 0. The summed E-state index contributed by atoms with van der Waals surface area (Å²) in [5.41, 5.74) is 5.14. The molecule has 0 atom stereocenters. The lowest BCUT2D eigenvalue weighted by molar-refractivity contribution is 0.555. The van der Waals surface area contributed by atoms with Crippen molar-refractivity contribution in [3.63, 3.8) is 0 Å². The van der Waals surface area contributed by atoms with Crippen molar-refractivity contribution >= 4 is 0 Å². The molecule has 0 spiro atoms. The molecule has 0 bridgehead atoms. The molecule has 0 heterocycles. The van der Waals surface area contributed by atoms with E-state index in [9.17, 15) is 0 Å². The Morgan fingerprint density at radius 3 is 0.971 bits per heavy atom. The van der Waals surface area contributed by atoms with Crippen molar-refractivity contribution in [3.05, 3.63) is 34.9 Å². The summed E-state index contributed by atoms with van der Waals surface area (Å²) in [5.74, 6) is 0. The Morgan fingerprint density at radius 1 is 0.343 bits per heavy atom. The summed E-state index contributed by atoms with van der Waals surface area (Å²) < 4.78 is 0. The summed E-state index contributed by atoms with van der Waals surface area (Å²) in [6.45, 7) is 6.94. The van der Waals surface area contributed by atoms with Crippen LogP contribution in [0, 0.1) is 0 Å². The maximum absolute atomic E-state index is 2.47. The predicted molar refractivity (Wildman–Crippen MR) is 161 cm³/mol. The molecule has 0 nitrogen and oxygen atoms in total. The first-order valence-corrected chi connectivity index (χ1v) is 16.4. The number of rotatable bonds is 26.